The highest BCUT2D eigenvalue weighted by Gasteiger charge is 1.99. The van der Waals surface area contributed by atoms with Crippen LogP contribution in [-0.2, 0) is 4.74 Å². The number of allylic oxidation sites excluding steroid dienone is 2. The third kappa shape index (κ3) is 2.89. The Bertz CT molecular complexity index is 211. The van der Waals surface area contributed by atoms with Crippen molar-refractivity contribution in [2.75, 3.05) is 6.61 Å². The number of carbonyl (C=O) groups excluding carboxylic acids is 1. The van der Waals surface area contributed by atoms with Crippen LogP contribution in [0.4, 0.5) is 4.79 Å². The van der Waals surface area contributed by atoms with Gasteiger partial charge in [0.05, 0.1) is 0 Å². The molecule has 1 rings (SSSR count). The van der Waals surface area contributed by atoms with Crippen molar-refractivity contribution in [2.24, 2.45) is 5.73 Å². The Morgan fingerprint density at radius 1 is 1.73 bits per heavy atom. The summed E-state index contributed by atoms with van der Waals surface area (Å²) in [5, 5.41) is 0. The van der Waals surface area contributed by atoms with Gasteiger partial charge in [0.25, 0.3) is 0 Å². The Labute approximate surface area is 67.0 Å². The number of carbonyl (C=O) groups is 1. The van der Waals surface area contributed by atoms with Gasteiger partial charge in [-0.15, -0.1) is 0 Å². The maximum atomic E-state index is 10.2. The maximum Gasteiger partial charge on any atom is 0.404 e. The van der Waals surface area contributed by atoms with Crippen LogP contribution in [0.3, 0.4) is 0 Å². The van der Waals surface area contributed by atoms with Gasteiger partial charge in [-0.1, -0.05) is 18.2 Å². The van der Waals surface area contributed by atoms with Crippen molar-refractivity contribution in [3.63, 3.8) is 0 Å². The summed E-state index contributed by atoms with van der Waals surface area (Å²) < 4.78 is 4.60. The van der Waals surface area contributed by atoms with Gasteiger partial charge in [0.15, 0.2) is 0 Å². The van der Waals surface area contributed by atoms with E-state index >= 15 is 0 Å². The fraction of sp³-hybridized carbons (Fsp3) is 0.375. The quantitative estimate of drug-likeness (QED) is 0.658. The number of amides is 1. The van der Waals surface area contributed by atoms with Crippen LogP contribution in [0, 0.1) is 0 Å². The second kappa shape index (κ2) is 3.81. The lowest BCUT2D eigenvalue weighted by Gasteiger charge is -2.05. The summed E-state index contributed by atoms with van der Waals surface area (Å²) in [5.74, 6) is 0. The summed E-state index contributed by atoms with van der Waals surface area (Å²) in [6, 6.07) is 0. The molecule has 2 N–H and O–H groups in total. The van der Waals surface area contributed by atoms with E-state index in [9.17, 15) is 4.79 Å². The van der Waals surface area contributed by atoms with Crippen LogP contribution < -0.4 is 5.73 Å². The summed E-state index contributed by atoms with van der Waals surface area (Å²) >= 11 is 0. The molecule has 0 aromatic carbocycles. The molecule has 0 radical (unpaired) electrons. The van der Waals surface area contributed by atoms with Crippen LogP contribution in [0.1, 0.15) is 14.3 Å². The van der Waals surface area contributed by atoms with E-state index in [0.717, 1.165) is 18.4 Å². The Balaban J connectivity index is 0.00000121. The van der Waals surface area contributed by atoms with Crippen molar-refractivity contribution in [3.05, 3.63) is 23.8 Å². The number of hydrogen-bond donors (Lipinski definition) is 1. The van der Waals surface area contributed by atoms with E-state index in [0.29, 0.717) is 6.61 Å². The lowest BCUT2D eigenvalue weighted by molar-refractivity contribution is 0.167. The van der Waals surface area contributed by atoms with Crippen molar-refractivity contribution in [1.82, 2.24) is 0 Å². The molecule has 0 atom stereocenters. The zero-order valence-corrected chi connectivity index (χ0v) is 6.25. The third-order valence-electron chi connectivity index (χ3n) is 1.45. The highest BCUT2D eigenvalue weighted by molar-refractivity contribution is 5.64. The van der Waals surface area contributed by atoms with Gasteiger partial charge in [0, 0.05) is 1.43 Å². The minimum Gasteiger partial charge on any atom is -0.445 e. The smallest absolute Gasteiger partial charge is 0.404 e. The number of ether oxygens (including phenoxy) is 1. The first-order valence-corrected chi connectivity index (χ1v) is 3.57. The number of primary amides is 1. The number of nitrogens with two attached hydrogens (primary N) is 1. The molecule has 0 aromatic heterocycles. The molecule has 0 spiro atoms. The molecule has 0 heterocycles. The molecule has 0 unspecified atom stereocenters. The molecule has 3 nitrogen and oxygen atoms in total. The van der Waals surface area contributed by atoms with Gasteiger partial charge >= 0.3 is 6.09 Å². The Hall–Kier alpha value is -1.25. The molecule has 1 aliphatic carbocycles. The standard InChI is InChI=1S/C8H11NO2.H2/c9-8(10)11-6-7-4-2-1-3-5-7;/h2,4-5H,1,3,6H2,(H2,9,10);1H. The topological polar surface area (TPSA) is 52.3 Å². The summed E-state index contributed by atoms with van der Waals surface area (Å²) in [5.41, 5.74) is 5.82. The molecule has 0 fully saturated rings. The van der Waals surface area contributed by atoms with Crippen LogP contribution in [0.25, 0.3) is 0 Å². The van der Waals surface area contributed by atoms with Gasteiger partial charge in [-0.05, 0) is 18.4 Å². The molecule has 0 aromatic rings. The first-order valence-electron chi connectivity index (χ1n) is 3.57. The maximum absolute atomic E-state index is 10.2. The average molecular weight is 155 g/mol. The highest BCUT2D eigenvalue weighted by atomic mass is 16.5. The van der Waals surface area contributed by atoms with Gasteiger partial charge in [-0.3, -0.25) is 0 Å². The largest absolute Gasteiger partial charge is 0.445 e. The van der Waals surface area contributed by atoms with Crippen LogP contribution in [0.2, 0.25) is 0 Å². The first-order chi connectivity index (χ1) is 5.29. The van der Waals surface area contributed by atoms with E-state index in [4.69, 9.17) is 5.73 Å². The monoisotopic (exact) mass is 155 g/mol. The van der Waals surface area contributed by atoms with Crippen molar-refractivity contribution in [2.45, 2.75) is 12.8 Å². The van der Waals surface area contributed by atoms with Crippen molar-refractivity contribution in [3.8, 4) is 0 Å². The number of rotatable bonds is 2. The molecule has 11 heavy (non-hydrogen) atoms. The van der Waals surface area contributed by atoms with Gasteiger partial charge in [0.2, 0.25) is 0 Å². The molecular formula is C8H13NO2. The van der Waals surface area contributed by atoms with Gasteiger partial charge in [0.1, 0.15) is 6.61 Å². The van der Waals surface area contributed by atoms with Gasteiger partial charge in [-0.25, -0.2) is 4.79 Å². The van der Waals surface area contributed by atoms with E-state index in [1.807, 2.05) is 12.2 Å². The van der Waals surface area contributed by atoms with Crippen molar-refractivity contribution < 1.29 is 11.0 Å². The molecule has 0 saturated carbocycles. The first kappa shape index (κ1) is 7.85. The fourth-order valence-corrected chi connectivity index (χ4v) is 0.929. The summed E-state index contributed by atoms with van der Waals surface area (Å²) in [6.07, 6.45) is 7.42. The second-order valence-corrected chi connectivity index (χ2v) is 2.37. The van der Waals surface area contributed by atoms with E-state index in [-0.39, 0.29) is 1.43 Å². The molecule has 1 amide bonds. The minimum atomic E-state index is -0.718. The lowest BCUT2D eigenvalue weighted by atomic mass is 10.1. The predicted molar refractivity (Wildman–Crippen MR) is 44.1 cm³/mol. The molecule has 0 saturated heterocycles. The Morgan fingerprint density at radius 3 is 3.09 bits per heavy atom. The zero-order valence-electron chi connectivity index (χ0n) is 6.25. The van der Waals surface area contributed by atoms with Crippen molar-refractivity contribution >= 4 is 6.09 Å². The molecule has 62 valence electrons. The van der Waals surface area contributed by atoms with E-state index in [2.05, 4.69) is 10.8 Å². The predicted octanol–water partition coefficient (Wildman–Crippen LogP) is 1.60. The van der Waals surface area contributed by atoms with Gasteiger partial charge in [-0.2, -0.15) is 0 Å². The van der Waals surface area contributed by atoms with Crippen LogP contribution in [0.15, 0.2) is 23.8 Å². The Morgan fingerprint density at radius 2 is 2.55 bits per heavy atom. The van der Waals surface area contributed by atoms with E-state index in [1.54, 1.807) is 0 Å². The summed E-state index contributed by atoms with van der Waals surface area (Å²) in [6.45, 7) is 0.297. The Kier molecular flexibility index (Phi) is 2.72. The molecule has 3 heteroatoms. The van der Waals surface area contributed by atoms with E-state index < -0.39 is 6.09 Å². The van der Waals surface area contributed by atoms with Crippen molar-refractivity contribution in [1.29, 1.82) is 0 Å². The summed E-state index contributed by atoms with van der Waals surface area (Å²) in [4.78, 5) is 10.2. The molecular weight excluding hydrogens is 142 g/mol. The normalized spacial score (nSPS) is 15.8. The average Bonchev–Trinajstić information content (AvgIpc) is 2.03. The minimum absolute atomic E-state index is 0. The second-order valence-electron chi connectivity index (χ2n) is 2.37. The molecule has 1 aliphatic rings. The van der Waals surface area contributed by atoms with Crippen LogP contribution in [-0.4, -0.2) is 12.7 Å². The third-order valence-corrected chi connectivity index (χ3v) is 1.45. The summed E-state index contributed by atoms with van der Waals surface area (Å²) in [7, 11) is 0. The highest BCUT2D eigenvalue weighted by Crippen LogP contribution is 2.09. The number of hydrogen-bond acceptors (Lipinski definition) is 2. The zero-order chi connectivity index (χ0) is 8.10. The fourth-order valence-electron chi connectivity index (χ4n) is 0.929. The van der Waals surface area contributed by atoms with Crippen LogP contribution >= 0.6 is 0 Å². The lowest BCUT2D eigenvalue weighted by Crippen LogP contribution is -2.14. The van der Waals surface area contributed by atoms with Crippen LogP contribution in [0.5, 0.6) is 0 Å². The van der Waals surface area contributed by atoms with Gasteiger partial charge < -0.3 is 10.5 Å². The van der Waals surface area contributed by atoms with E-state index in [1.165, 1.54) is 0 Å². The molecule has 0 bridgehead atoms. The SMILES string of the molecule is NC(=O)OCC1=CCCC=C1.[HH]. The molecule has 0 aliphatic heterocycles.